The Labute approximate surface area is 120 Å². The Kier molecular flexibility index (Phi) is 5.03. The van der Waals surface area contributed by atoms with Crippen molar-refractivity contribution in [1.82, 2.24) is 5.32 Å². The lowest BCUT2D eigenvalue weighted by Crippen LogP contribution is -2.46. The van der Waals surface area contributed by atoms with E-state index in [4.69, 9.17) is 28.3 Å². The molecule has 0 saturated heterocycles. The van der Waals surface area contributed by atoms with Gasteiger partial charge in [0.05, 0.1) is 17.1 Å². The van der Waals surface area contributed by atoms with Crippen LogP contribution in [0.15, 0.2) is 18.2 Å². The summed E-state index contributed by atoms with van der Waals surface area (Å²) in [6, 6.07) is 4.12. The molecule has 0 aliphatic carbocycles. The third-order valence-corrected chi connectivity index (χ3v) is 2.79. The van der Waals surface area contributed by atoms with E-state index in [0.717, 1.165) is 0 Å². The van der Waals surface area contributed by atoms with Crippen LogP contribution in [-0.4, -0.2) is 22.6 Å². The summed E-state index contributed by atoms with van der Waals surface area (Å²) in [5, 5.41) is 14.6. The van der Waals surface area contributed by atoms with Crippen molar-refractivity contribution >= 4 is 40.9 Å². The molecular weight excluding hydrogens is 291 g/mol. The van der Waals surface area contributed by atoms with Crippen molar-refractivity contribution in [1.29, 1.82) is 0 Å². The van der Waals surface area contributed by atoms with Crippen molar-refractivity contribution in [2.75, 3.05) is 5.32 Å². The summed E-state index contributed by atoms with van der Waals surface area (Å²) < 4.78 is 0. The van der Waals surface area contributed by atoms with Crippen molar-refractivity contribution in [2.45, 2.75) is 25.8 Å². The molecule has 0 saturated carbocycles. The average molecular weight is 305 g/mol. The number of anilines is 1. The van der Waals surface area contributed by atoms with Crippen molar-refractivity contribution in [3.05, 3.63) is 28.2 Å². The molecule has 1 aromatic rings. The predicted octanol–water partition coefficient (Wildman–Crippen LogP) is 3.37. The van der Waals surface area contributed by atoms with Crippen LogP contribution in [0.3, 0.4) is 0 Å². The Hall–Kier alpha value is -1.46. The third kappa shape index (κ3) is 5.36. The average Bonchev–Trinajstić information content (AvgIpc) is 2.20. The molecule has 0 bridgehead atoms. The van der Waals surface area contributed by atoms with Crippen LogP contribution in [0.1, 0.15) is 20.3 Å². The van der Waals surface area contributed by atoms with Crippen molar-refractivity contribution in [2.24, 2.45) is 0 Å². The second kappa shape index (κ2) is 6.12. The van der Waals surface area contributed by atoms with Crippen LogP contribution in [0.2, 0.25) is 10.0 Å². The molecule has 5 nitrogen and oxygen atoms in total. The molecule has 7 heteroatoms. The first-order valence-electron chi connectivity index (χ1n) is 5.45. The van der Waals surface area contributed by atoms with Crippen LogP contribution < -0.4 is 10.6 Å². The molecular formula is C12H14Cl2N2O3. The fraction of sp³-hybridized carbons (Fsp3) is 0.333. The van der Waals surface area contributed by atoms with Gasteiger partial charge >= 0.3 is 12.0 Å². The fourth-order valence-electron chi connectivity index (χ4n) is 1.48. The number of amides is 2. The maximum Gasteiger partial charge on any atom is 0.319 e. The molecule has 0 aliphatic rings. The zero-order chi connectivity index (χ0) is 14.6. The van der Waals surface area contributed by atoms with Gasteiger partial charge in [-0.1, -0.05) is 23.2 Å². The maximum absolute atomic E-state index is 11.8. The molecule has 0 unspecified atom stereocenters. The van der Waals surface area contributed by atoms with E-state index in [1.165, 1.54) is 6.07 Å². The standard InChI is InChI=1S/C12H14Cl2N2O3/c1-12(2,6-10(17)18)16-11(19)15-9-5-7(13)3-4-8(9)14/h3-5H,6H2,1-2H3,(H,17,18)(H2,15,16,19). The van der Waals surface area contributed by atoms with Gasteiger partial charge < -0.3 is 15.7 Å². The van der Waals surface area contributed by atoms with Crippen molar-refractivity contribution in [3.8, 4) is 0 Å². The maximum atomic E-state index is 11.8. The molecule has 1 aromatic carbocycles. The number of halogens is 2. The number of urea groups is 1. The molecule has 3 N–H and O–H groups in total. The molecule has 0 heterocycles. The number of rotatable bonds is 4. The van der Waals surface area contributed by atoms with Gasteiger partial charge in [-0.15, -0.1) is 0 Å². The Bertz CT molecular complexity index is 504. The summed E-state index contributed by atoms with van der Waals surface area (Å²) in [6.45, 7) is 3.22. The summed E-state index contributed by atoms with van der Waals surface area (Å²) in [6.07, 6.45) is -0.191. The monoisotopic (exact) mass is 304 g/mol. The van der Waals surface area contributed by atoms with E-state index in [2.05, 4.69) is 10.6 Å². The van der Waals surface area contributed by atoms with Crippen LogP contribution in [0.4, 0.5) is 10.5 Å². The first kappa shape index (κ1) is 15.6. The molecule has 104 valence electrons. The topological polar surface area (TPSA) is 78.4 Å². The van der Waals surface area contributed by atoms with Gasteiger partial charge in [0.15, 0.2) is 0 Å². The van der Waals surface area contributed by atoms with Gasteiger partial charge in [0.25, 0.3) is 0 Å². The number of hydrogen-bond acceptors (Lipinski definition) is 2. The normalized spacial score (nSPS) is 10.9. The second-order valence-corrected chi connectivity index (χ2v) is 5.50. The summed E-state index contributed by atoms with van der Waals surface area (Å²) in [5.74, 6) is -0.994. The molecule has 19 heavy (non-hydrogen) atoms. The Morgan fingerprint density at radius 1 is 1.32 bits per heavy atom. The lowest BCUT2D eigenvalue weighted by molar-refractivity contribution is -0.138. The number of nitrogens with one attached hydrogen (secondary N) is 2. The van der Waals surface area contributed by atoms with Crippen molar-refractivity contribution in [3.63, 3.8) is 0 Å². The van der Waals surface area contributed by atoms with Crippen LogP contribution in [0.5, 0.6) is 0 Å². The SMILES string of the molecule is CC(C)(CC(=O)O)NC(=O)Nc1cc(Cl)ccc1Cl. The first-order valence-corrected chi connectivity index (χ1v) is 6.21. The van der Waals surface area contributed by atoms with E-state index in [-0.39, 0.29) is 6.42 Å². The van der Waals surface area contributed by atoms with Gasteiger partial charge in [0.1, 0.15) is 0 Å². The number of hydrogen-bond donors (Lipinski definition) is 3. The number of carbonyl (C=O) groups is 2. The Balaban J connectivity index is 2.70. The molecule has 0 fully saturated rings. The summed E-state index contributed by atoms with van der Waals surface area (Å²) in [5.41, 5.74) is -0.515. The fourth-order valence-corrected chi connectivity index (χ4v) is 1.81. The largest absolute Gasteiger partial charge is 0.481 e. The predicted molar refractivity (Wildman–Crippen MR) is 74.9 cm³/mol. The van der Waals surface area contributed by atoms with E-state index < -0.39 is 17.5 Å². The van der Waals surface area contributed by atoms with E-state index in [1.54, 1.807) is 26.0 Å². The minimum Gasteiger partial charge on any atom is -0.481 e. The lowest BCUT2D eigenvalue weighted by Gasteiger charge is -2.24. The van der Waals surface area contributed by atoms with E-state index in [0.29, 0.717) is 15.7 Å². The third-order valence-electron chi connectivity index (χ3n) is 2.22. The highest BCUT2D eigenvalue weighted by atomic mass is 35.5. The van der Waals surface area contributed by atoms with Gasteiger partial charge in [-0.3, -0.25) is 4.79 Å². The van der Waals surface area contributed by atoms with E-state index in [1.807, 2.05) is 0 Å². The van der Waals surface area contributed by atoms with Gasteiger partial charge in [0.2, 0.25) is 0 Å². The summed E-state index contributed by atoms with van der Waals surface area (Å²) in [7, 11) is 0. The first-order chi connectivity index (χ1) is 8.69. The number of benzene rings is 1. The minimum absolute atomic E-state index is 0.191. The minimum atomic E-state index is -0.994. The molecule has 0 aliphatic heterocycles. The Morgan fingerprint density at radius 3 is 2.53 bits per heavy atom. The lowest BCUT2D eigenvalue weighted by atomic mass is 10.0. The zero-order valence-corrected chi connectivity index (χ0v) is 12.0. The number of carboxylic acid groups (broad SMARTS) is 1. The van der Waals surface area contributed by atoms with E-state index >= 15 is 0 Å². The molecule has 0 atom stereocenters. The second-order valence-electron chi connectivity index (χ2n) is 4.66. The number of carbonyl (C=O) groups excluding carboxylic acids is 1. The van der Waals surface area contributed by atoms with Crippen LogP contribution in [0.25, 0.3) is 0 Å². The molecule has 0 spiro atoms. The summed E-state index contributed by atoms with van der Waals surface area (Å²) in [4.78, 5) is 22.4. The van der Waals surface area contributed by atoms with Gasteiger partial charge in [0, 0.05) is 10.6 Å². The van der Waals surface area contributed by atoms with E-state index in [9.17, 15) is 9.59 Å². The highest BCUT2D eigenvalue weighted by molar-refractivity contribution is 6.35. The van der Waals surface area contributed by atoms with Crippen LogP contribution >= 0.6 is 23.2 Å². The molecule has 2 amide bonds. The zero-order valence-electron chi connectivity index (χ0n) is 10.5. The molecule has 0 radical (unpaired) electrons. The van der Waals surface area contributed by atoms with Crippen molar-refractivity contribution < 1.29 is 14.7 Å². The van der Waals surface area contributed by atoms with Gasteiger partial charge in [-0.2, -0.15) is 0 Å². The smallest absolute Gasteiger partial charge is 0.319 e. The van der Waals surface area contributed by atoms with Gasteiger partial charge in [-0.05, 0) is 32.0 Å². The van der Waals surface area contributed by atoms with Crippen LogP contribution in [-0.2, 0) is 4.79 Å². The highest BCUT2D eigenvalue weighted by Gasteiger charge is 2.24. The molecule has 1 rings (SSSR count). The molecule has 0 aromatic heterocycles. The Morgan fingerprint density at radius 2 is 1.95 bits per heavy atom. The summed E-state index contributed by atoms with van der Waals surface area (Å²) >= 11 is 11.7. The number of aliphatic carboxylic acids is 1. The quantitative estimate of drug-likeness (QED) is 0.798. The van der Waals surface area contributed by atoms with Gasteiger partial charge in [-0.25, -0.2) is 4.79 Å². The number of carboxylic acids is 1. The highest BCUT2D eigenvalue weighted by Crippen LogP contribution is 2.25. The van der Waals surface area contributed by atoms with Crippen LogP contribution in [0, 0.1) is 0 Å².